The third-order valence-electron chi connectivity index (χ3n) is 3.40. The minimum absolute atomic E-state index is 0.0930. The van der Waals surface area contributed by atoms with E-state index in [1.807, 2.05) is 0 Å². The second-order valence-corrected chi connectivity index (χ2v) is 6.81. The van der Waals surface area contributed by atoms with E-state index < -0.39 is 27.1 Å². The zero-order chi connectivity index (χ0) is 19.6. The molecule has 1 fully saturated rings. The zero-order valence-electron chi connectivity index (χ0n) is 13.3. The fraction of sp³-hybridized carbons (Fsp3) is 0. The van der Waals surface area contributed by atoms with Crippen molar-refractivity contribution in [1.29, 1.82) is 0 Å². The number of thiocarbonyl (C=S) groups is 1. The van der Waals surface area contributed by atoms with Crippen LogP contribution in [0.2, 0.25) is 0 Å². The summed E-state index contributed by atoms with van der Waals surface area (Å²) in [6.45, 7) is 0. The molecular formula is C15H9N5O5S2. The average molecular weight is 403 g/mol. The molecule has 0 aliphatic carbocycles. The molecule has 1 aliphatic rings. The molecule has 1 saturated heterocycles. The summed E-state index contributed by atoms with van der Waals surface area (Å²) >= 11 is 6.18. The van der Waals surface area contributed by atoms with E-state index in [-0.39, 0.29) is 10.0 Å². The van der Waals surface area contributed by atoms with Crippen LogP contribution >= 0.6 is 24.0 Å². The summed E-state index contributed by atoms with van der Waals surface area (Å²) in [6.07, 6.45) is 4.76. The van der Waals surface area contributed by atoms with Crippen molar-refractivity contribution in [1.82, 2.24) is 9.99 Å². The molecule has 136 valence electrons. The summed E-state index contributed by atoms with van der Waals surface area (Å²) in [7, 11) is 0. The summed E-state index contributed by atoms with van der Waals surface area (Å²) in [4.78, 5) is 37.3. The summed E-state index contributed by atoms with van der Waals surface area (Å²) in [5.74, 6) is -0.499. The normalized spacial score (nSPS) is 15.3. The number of non-ortho nitro benzene ring substituents is 1. The van der Waals surface area contributed by atoms with Crippen LogP contribution in [0, 0.1) is 20.2 Å². The number of hydrazine groups is 1. The first kappa shape index (κ1) is 18.4. The number of aromatic nitrogens is 1. The van der Waals surface area contributed by atoms with E-state index in [2.05, 4.69) is 10.4 Å². The van der Waals surface area contributed by atoms with Crippen molar-refractivity contribution < 1.29 is 14.6 Å². The summed E-state index contributed by atoms with van der Waals surface area (Å²) in [5, 5.41) is 23.0. The van der Waals surface area contributed by atoms with Gasteiger partial charge in [-0.05, 0) is 36.0 Å². The number of nitrogens with one attached hydrogen (secondary N) is 1. The Morgan fingerprint density at radius 2 is 2.00 bits per heavy atom. The van der Waals surface area contributed by atoms with Gasteiger partial charge in [0.25, 0.3) is 11.6 Å². The van der Waals surface area contributed by atoms with Crippen LogP contribution < -0.4 is 5.43 Å². The molecule has 1 aliphatic heterocycles. The molecular weight excluding hydrogens is 394 g/mol. The highest BCUT2D eigenvalue weighted by atomic mass is 32.2. The molecule has 12 heteroatoms. The van der Waals surface area contributed by atoms with E-state index in [4.69, 9.17) is 12.2 Å². The number of rotatable bonds is 5. The van der Waals surface area contributed by atoms with E-state index in [9.17, 15) is 25.0 Å². The molecule has 0 bridgehead atoms. The Bertz CT molecular complexity index is 995. The minimum atomic E-state index is -0.779. The Morgan fingerprint density at radius 1 is 1.22 bits per heavy atom. The maximum absolute atomic E-state index is 12.6. The Balaban J connectivity index is 1.89. The lowest BCUT2D eigenvalue weighted by atomic mass is 10.2. The maximum Gasteiger partial charge on any atom is 0.300 e. The van der Waals surface area contributed by atoms with Gasteiger partial charge < -0.3 is 0 Å². The molecule has 0 spiro atoms. The van der Waals surface area contributed by atoms with Crippen LogP contribution in [0.3, 0.4) is 0 Å². The second-order valence-electron chi connectivity index (χ2n) is 5.13. The smallest absolute Gasteiger partial charge is 0.283 e. The van der Waals surface area contributed by atoms with Crippen LogP contribution in [0.5, 0.6) is 0 Å². The average Bonchev–Trinajstić information content (AvgIpc) is 2.90. The molecule has 10 nitrogen and oxygen atoms in total. The van der Waals surface area contributed by atoms with Crippen molar-refractivity contribution in [3.8, 4) is 0 Å². The van der Waals surface area contributed by atoms with Crippen molar-refractivity contribution in [3.63, 3.8) is 0 Å². The Hall–Kier alpha value is -3.38. The van der Waals surface area contributed by atoms with Gasteiger partial charge in [0, 0.05) is 18.5 Å². The van der Waals surface area contributed by atoms with Crippen LogP contribution in [0.25, 0.3) is 6.08 Å². The number of amides is 1. The monoisotopic (exact) mass is 403 g/mol. The number of nitro groups is 2. The predicted octanol–water partition coefficient (Wildman–Crippen LogP) is 3.13. The predicted molar refractivity (Wildman–Crippen MR) is 103 cm³/mol. The van der Waals surface area contributed by atoms with E-state index in [1.165, 1.54) is 0 Å². The first-order valence-electron chi connectivity index (χ1n) is 7.24. The van der Waals surface area contributed by atoms with Gasteiger partial charge in [-0.1, -0.05) is 17.8 Å². The van der Waals surface area contributed by atoms with Gasteiger partial charge >= 0.3 is 5.69 Å². The van der Waals surface area contributed by atoms with E-state index in [1.54, 1.807) is 30.6 Å². The van der Waals surface area contributed by atoms with Crippen molar-refractivity contribution in [2.75, 3.05) is 5.43 Å². The SMILES string of the molecule is O=C1C(=Cc2cccnc2)SC(=S)N1Nc1ccc([N+](=O)[O-])cc1[N+](=O)[O-]. The number of nitro benzene ring substituents is 2. The summed E-state index contributed by atoms with van der Waals surface area (Å²) < 4.78 is 0.141. The minimum Gasteiger partial charge on any atom is -0.283 e. The fourth-order valence-corrected chi connectivity index (χ4v) is 3.36. The highest BCUT2D eigenvalue weighted by molar-refractivity contribution is 8.26. The van der Waals surface area contributed by atoms with Crippen LogP contribution in [0.1, 0.15) is 5.56 Å². The van der Waals surface area contributed by atoms with Crippen LogP contribution in [0.4, 0.5) is 17.1 Å². The molecule has 0 radical (unpaired) electrons. The Labute approximate surface area is 161 Å². The van der Waals surface area contributed by atoms with Crippen LogP contribution in [-0.4, -0.2) is 30.1 Å². The van der Waals surface area contributed by atoms with Gasteiger partial charge in [-0.15, -0.1) is 0 Å². The Morgan fingerprint density at radius 3 is 2.63 bits per heavy atom. The van der Waals surface area contributed by atoms with Crippen molar-refractivity contribution in [2.24, 2.45) is 0 Å². The van der Waals surface area contributed by atoms with Gasteiger partial charge in [-0.25, -0.2) is 5.01 Å². The van der Waals surface area contributed by atoms with E-state index in [0.717, 1.165) is 35.0 Å². The van der Waals surface area contributed by atoms with Crippen LogP contribution in [-0.2, 0) is 4.79 Å². The van der Waals surface area contributed by atoms with Crippen molar-refractivity contribution >= 4 is 57.3 Å². The molecule has 1 aromatic heterocycles. The molecule has 1 N–H and O–H groups in total. The number of hydrogen-bond donors (Lipinski definition) is 1. The molecule has 27 heavy (non-hydrogen) atoms. The largest absolute Gasteiger partial charge is 0.300 e. The van der Waals surface area contributed by atoms with Gasteiger partial charge in [-0.3, -0.25) is 35.4 Å². The summed E-state index contributed by atoms with van der Waals surface area (Å²) in [5.41, 5.74) is 2.19. The lowest BCUT2D eigenvalue weighted by Crippen LogP contribution is -2.34. The molecule has 0 atom stereocenters. The number of benzene rings is 1. The highest BCUT2D eigenvalue weighted by Gasteiger charge is 2.34. The van der Waals surface area contributed by atoms with Gasteiger partial charge in [-0.2, -0.15) is 0 Å². The number of nitrogens with zero attached hydrogens (tertiary/aromatic N) is 4. The topological polar surface area (TPSA) is 132 Å². The number of anilines is 1. The number of hydrogen-bond acceptors (Lipinski definition) is 9. The molecule has 2 heterocycles. The lowest BCUT2D eigenvalue weighted by molar-refractivity contribution is -0.393. The lowest BCUT2D eigenvalue weighted by Gasteiger charge is -2.16. The van der Waals surface area contributed by atoms with Gasteiger partial charge in [0.1, 0.15) is 5.69 Å². The number of carbonyl (C=O) groups excluding carboxylic acids is 1. The molecule has 0 unspecified atom stereocenters. The van der Waals surface area contributed by atoms with E-state index in [0.29, 0.717) is 10.5 Å². The van der Waals surface area contributed by atoms with Gasteiger partial charge in [0.05, 0.1) is 20.8 Å². The quantitative estimate of drug-likeness (QED) is 0.346. The third-order valence-corrected chi connectivity index (χ3v) is 4.70. The second kappa shape index (κ2) is 7.47. The molecule has 0 saturated carbocycles. The number of thioether (sulfide) groups is 1. The van der Waals surface area contributed by atoms with Gasteiger partial charge in [0.15, 0.2) is 4.32 Å². The summed E-state index contributed by atoms with van der Waals surface area (Å²) in [6, 6.07) is 6.53. The highest BCUT2D eigenvalue weighted by Crippen LogP contribution is 2.35. The first-order valence-corrected chi connectivity index (χ1v) is 8.47. The number of carbonyl (C=O) groups is 1. The zero-order valence-corrected chi connectivity index (χ0v) is 14.9. The molecule has 2 aromatic rings. The third kappa shape index (κ3) is 3.91. The molecule has 1 aromatic carbocycles. The molecule has 3 rings (SSSR count). The standard InChI is InChI=1S/C15H9N5O5S2/c21-14-13(6-9-2-1-5-16-8-9)27-15(26)18(14)17-11-4-3-10(19(22)23)7-12(11)20(24)25/h1-8,17H. The maximum atomic E-state index is 12.6. The van der Waals surface area contributed by atoms with Crippen LogP contribution in [0.15, 0.2) is 47.6 Å². The number of pyridine rings is 1. The molecule has 1 amide bonds. The first-order chi connectivity index (χ1) is 12.9. The van der Waals surface area contributed by atoms with Crippen molar-refractivity contribution in [3.05, 3.63) is 73.4 Å². The van der Waals surface area contributed by atoms with Crippen molar-refractivity contribution in [2.45, 2.75) is 0 Å². The van der Waals surface area contributed by atoms with Gasteiger partial charge in [0.2, 0.25) is 0 Å². The van der Waals surface area contributed by atoms with E-state index >= 15 is 0 Å². The Kier molecular flexibility index (Phi) is 5.09. The fourth-order valence-electron chi connectivity index (χ4n) is 2.18.